The molecule has 1 fully saturated rings. The number of nitrogens with one attached hydrogen (secondary N) is 2. The highest BCUT2D eigenvalue weighted by Gasteiger charge is 2.19. The zero-order valence-corrected chi connectivity index (χ0v) is 9.79. The fraction of sp³-hybridized carbons (Fsp3) is 0.636. The lowest BCUT2D eigenvalue weighted by Gasteiger charge is -2.21. The highest BCUT2D eigenvalue weighted by molar-refractivity contribution is 5.91. The molecule has 0 spiro atoms. The Morgan fingerprint density at radius 2 is 2.38 bits per heavy atom. The molecule has 0 aromatic carbocycles. The molecule has 1 atom stereocenters. The minimum atomic E-state index is -0.0498. The van der Waals surface area contributed by atoms with Crippen LogP contribution in [0.5, 0.6) is 0 Å². The monoisotopic (exact) mass is 222 g/mol. The van der Waals surface area contributed by atoms with Gasteiger partial charge in [-0.15, -0.1) is 0 Å². The van der Waals surface area contributed by atoms with Crippen LogP contribution >= 0.6 is 0 Å². The Labute approximate surface area is 95.2 Å². The predicted molar refractivity (Wildman–Crippen MR) is 61.4 cm³/mol. The third kappa shape index (κ3) is 2.24. The molecular weight excluding hydrogens is 204 g/mol. The van der Waals surface area contributed by atoms with Gasteiger partial charge in [0.2, 0.25) is 0 Å². The third-order valence-electron chi connectivity index (χ3n) is 2.96. The van der Waals surface area contributed by atoms with Crippen molar-refractivity contribution in [2.24, 2.45) is 0 Å². The highest BCUT2D eigenvalue weighted by atomic mass is 16.2. The van der Waals surface area contributed by atoms with Crippen LogP contribution in [0.25, 0.3) is 0 Å². The summed E-state index contributed by atoms with van der Waals surface area (Å²) in [6.07, 6.45) is 2.34. The molecule has 2 rings (SSSR count). The van der Waals surface area contributed by atoms with Gasteiger partial charge in [-0.1, -0.05) is 0 Å². The van der Waals surface area contributed by atoms with E-state index < -0.39 is 0 Å². The number of H-pyrrole nitrogens is 1. The van der Waals surface area contributed by atoms with Crippen LogP contribution in [0.4, 0.5) is 0 Å². The first-order valence-corrected chi connectivity index (χ1v) is 5.66. The summed E-state index contributed by atoms with van der Waals surface area (Å²) in [6.45, 7) is 2.06. The molecule has 1 aliphatic heterocycles. The topological polar surface area (TPSA) is 61.0 Å². The second-order valence-electron chi connectivity index (χ2n) is 4.45. The molecule has 1 amide bonds. The maximum absolute atomic E-state index is 11.7. The molecule has 1 aromatic heterocycles. The zero-order chi connectivity index (χ0) is 11.5. The van der Waals surface area contributed by atoms with Crippen molar-refractivity contribution in [3.8, 4) is 0 Å². The molecule has 0 aliphatic carbocycles. The van der Waals surface area contributed by atoms with Crippen LogP contribution in [0.15, 0.2) is 6.07 Å². The number of aromatic amines is 1. The van der Waals surface area contributed by atoms with E-state index in [0.717, 1.165) is 25.2 Å². The molecule has 2 heterocycles. The van der Waals surface area contributed by atoms with Gasteiger partial charge in [-0.05, 0) is 25.5 Å². The lowest BCUT2D eigenvalue weighted by Crippen LogP contribution is -2.28. The molecule has 1 aliphatic rings. The van der Waals surface area contributed by atoms with Crippen molar-refractivity contribution in [2.75, 3.05) is 27.2 Å². The van der Waals surface area contributed by atoms with E-state index in [-0.39, 0.29) is 5.91 Å². The maximum atomic E-state index is 11.7. The molecule has 0 radical (unpaired) electrons. The summed E-state index contributed by atoms with van der Waals surface area (Å²) >= 11 is 0. The van der Waals surface area contributed by atoms with Crippen LogP contribution in [0.2, 0.25) is 0 Å². The Bertz CT molecular complexity index is 366. The molecule has 5 nitrogen and oxygen atoms in total. The van der Waals surface area contributed by atoms with Gasteiger partial charge in [0.1, 0.15) is 5.69 Å². The molecule has 1 saturated heterocycles. The number of amides is 1. The largest absolute Gasteiger partial charge is 0.343 e. The first-order valence-electron chi connectivity index (χ1n) is 5.66. The quantitative estimate of drug-likeness (QED) is 0.769. The van der Waals surface area contributed by atoms with Gasteiger partial charge in [0.05, 0.1) is 0 Å². The van der Waals surface area contributed by atoms with Crippen molar-refractivity contribution in [2.45, 2.75) is 18.8 Å². The second kappa shape index (κ2) is 4.65. The van der Waals surface area contributed by atoms with Crippen LogP contribution in [-0.4, -0.2) is 48.2 Å². The predicted octanol–water partition coefficient (Wildman–Crippen LogP) is 0.578. The van der Waals surface area contributed by atoms with Crippen molar-refractivity contribution in [1.29, 1.82) is 0 Å². The summed E-state index contributed by atoms with van der Waals surface area (Å²) in [7, 11) is 3.47. The van der Waals surface area contributed by atoms with Crippen molar-refractivity contribution in [3.63, 3.8) is 0 Å². The smallest absolute Gasteiger partial charge is 0.273 e. The first-order chi connectivity index (χ1) is 7.68. The van der Waals surface area contributed by atoms with Crippen LogP contribution in [0, 0.1) is 0 Å². The summed E-state index contributed by atoms with van der Waals surface area (Å²) in [4.78, 5) is 13.2. The van der Waals surface area contributed by atoms with Crippen molar-refractivity contribution in [1.82, 2.24) is 20.4 Å². The second-order valence-corrected chi connectivity index (χ2v) is 4.45. The average molecular weight is 222 g/mol. The minimum absolute atomic E-state index is 0.0498. The summed E-state index contributed by atoms with van der Waals surface area (Å²) in [5.74, 6) is 0.413. The van der Waals surface area contributed by atoms with Crippen LogP contribution in [-0.2, 0) is 0 Å². The maximum Gasteiger partial charge on any atom is 0.273 e. The molecule has 2 N–H and O–H groups in total. The lowest BCUT2D eigenvalue weighted by atomic mass is 9.96. The molecule has 1 aromatic rings. The van der Waals surface area contributed by atoms with E-state index in [9.17, 15) is 4.79 Å². The van der Waals surface area contributed by atoms with E-state index in [1.54, 1.807) is 19.0 Å². The van der Waals surface area contributed by atoms with Crippen molar-refractivity contribution >= 4 is 5.91 Å². The van der Waals surface area contributed by atoms with E-state index in [1.807, 2.05) is 6.07 Å². The van der Waals surface area contributed by atoms with Gasteiger partial charge in [-0.2, -0.15) is 5.10 Å². The van der Waals surface area contributed by atoms with E-state index in [0.29, 0.717) is 11.6 Å². The number of rotatable bonds is 2. The summed E-state index contributed by atoms with van der Waals surface area (Å²) < 4.78 is 0. The number of carbonyl (C=O) groups is 1. The van der Waals surface area contributed by atoms with Gasteiger partial charge in [0.25, 0.3) is 5.91 Å². The Morgan fingerprint density at radius 3 is 3.00 bits per heavy atom. The standard InChI is InChI=1S/C11H18N4O/c1-15(2)11(16)10-6-9(13-14-10)8-4-3-5-12-7-8/h6,8,12H,3-5,7H2,1-2H3,(H,13,14)/t8-/m1/s1. The number of carbonyl (C=O) groups excluding carboxylic acids is 1. The van der Waals surface area contributed by atoms with Crippen LogP contribution in [0.3, 0.4) is 0 Å². The average Bonchev–Trinajstić information content (AvgIpc) is 2.78. The Balaban J connectivity index is 2.09. The molecule has 0 unspecified atom stereocenters. The summed E-state index contributed by atoms with van der Waals surface area (Å²) in [5, 5.41) is 10.4. The number of piperidine rings is 1. The molecule has 16 heavy (non-hydrogen) atoms. The zero-order valence-electron chi connectivity index (χ0n) is 9.79. The number of aromatic nitrogens is 2. The Morgan fingerprint density at radius 1 is 1.56 bits per heavy atom. The number of nitrogens with zero attached hydrogens (tertiary/aromatic N) is 2. The lowest BCUT2D eigenvalue weighted by molar-refractivity contribution is 0.0822. The van der Waals surface area contributed by atoms with Gasteiger partial charge in [-0.3, -0.25) is 9.89 Å². The number of hydrogen-bond acceptors (Lipinski definition) is 3. The highest BCUT2D eigenvalue weighted by Crippen LogP contribution is 2.21. The van der Waals surface area contributed by atoms with Crippen LogP contribution < -0.4 is 5.32 Å². The Hall–Kier alpha value is -1.36. The summed E-state index contributed by atoms with van der Waals surface area (Å²) in [6, 6.07) is 1.88. The molecule has 0 bridgehead atoms. The fourth-order valence-corrected chi connectivity index (χ4v) is 2.00. The van der Waals surface area contributed by atoms with E-state index in [2.05, 4.69) is 15.5 Å². The SMILES string of the molecule is CN(C)C(=O)c1cc([C@@H]2CCCNC2)[nH]n1. The van der Waals surface area contributed by atoms with Crippen molar-refractivity contribution in [3.05, 3.63) is 17.5 Å². The van der Waals surface area contributed by atoms with Gasteiger partial charge < -0.3 is 10.2 Å². The van der Waals surface area contributed by atoms with E-state index >= 15 is 0 Å². The fourth-order valence-electron chi connectivity index (χ4n) is 2.00. The van der Waals surface area contributed by atoms with Crippen LogP contribution in [0.1, 0.15) is 34.9 Å². The molecular formula is C11H18N4O. The minimum Gasteiger partial charge on any atom is -0.343 e. The molecule has 0 saturated carbocycles. The van der Waals surface area contributed by atoms with E-state index in [4.69, 9.17) is 0 Å². The third-order valence-corrected chi connectivity index (χ3v) is 2.96. The molecule has 88 valence electrons. The number of hydrogen-bond donors (Lipinski definition) is 2. The molecule has 5 heteroatoms. The van der Waals surface area contributed by atoms with Gasteiger partial charge in [-0.25, -0.2) is 0 Å². The Kier molecular flexibility index (Phi) is 3.24. The summed E-state index contributed by atoms with van der Waals surface area (Å²) in [5.41, 5.74) is 1.57. The van der Waals surface area contributed by atoms with Gasteiger partial charge in [0.15, 0.2) is 0 Å². The van der Waals surface area contributed by atoms with E-state index in [1.165, 1.54) is 6.42 Å². The van der Waals surface area contributed by atoms with Gasteiger partial charge in [0, 0.05) is 32.3 Å². The normalized spacial score (nSPS) is 20.8. The van der Waals surface area contributed by atoms with Crippen molar-refractivity contribution < 1.29 is 4.79 Å². The van der Waals surface area contributed by atoms with Gasteiger partial charge >= 0.3 is 0 Å². The first kappa shape index (κ1) is 11.1.